The summed E-state index contributed by atoms with van der Waals surface area (Å²) in [4.78, 5) is 16.2. The van der Waals surface area contributed by atoms with Crippen LogP contribution in [0.25, 0.3) is 10.8 Å². The molecular formula is C18H22N2O. The van der Waals surface area contributed by atoms with E-state index < -0.39 is 0 Å². The van der Waals surface area contributed by atoms with Crippen molar-refractivity contribution in [3.63, 3.8) is 0 Å². The van der Waals surface area contributed by atoms with Crippen LogP contribution in [-0.4, -0.2) is 43.4 Å². The molecule has 0 bridgehead atoms. The minimum Gasteiger partial charge on any atom is -0.368 e. The van der Waals surface area contributed by atoms with E-state index in [0.717, 1.165) is 43.4 Å². The third kappa shape index (κ3) is 2.66. The first-order valence-corrected chi connectivity index (χ1v) is 7.66. The lowest BCUT2D eigenvalue weighted by Gasteiger charge is -2.38. The number of fused-ring (bicyclic) bond motifs is 1. The molecule has 0 unspecified atom stereocenters. The van der Waals surface area contributed by atoms with Gasteiger partial charge in [0.1, 0.15) is 0 Å². The van der Waals surface area contributed by atoms with Gasteiger partial charge in [-0.15, -0.1) is 0 Å². The van der Waals surface area contributed by atoms with Crippen LogP contribution in [0.1, 0.15) is 24.2 Å². The lowest BCUT2D eigenvalue weighted by Crippen LogP contribution is -2.48. The Morgan fingerprint density at radius 3 is 2.24 bits per heavy atom. The van der Waals surface area contributed by atoms with Crippen LogP contribution in [0, 0.1) is 0 Å². The van der Waals surface area contributed by atoms with E-state index in [1.807, 2.05) is 24.3 Å². The summed E-state index contributed by atoms with van der Waals surface area (Å²) in [5, 5.41) is 2.23. The second-order valence-electron chi connectivity index (χ2n) is 5.95. The van der Waals surface area contributed by atoms with E-state index in [-0.39, 0.29) is 0 Å². The first kappa shape index (κ1) is 14.1. The van der Waals surface area contributed by atoms with Crippen molar-refractivity contribution >= 4 is 22.7 Å². The van der Waals surface area contributed by atoms with E-state index in [9.17, 15) is 4.79 Å². The van der Waals surface area contributed by atoms with Gasteiger partial charge in [0.05, 0.1) is 0 Å². The second-order valence-corrected chi connectivity index (χ2v) is 5.95. The van der Waals surface area contributed by atoms with Gasteiger partial charge in [-0.3, -0.25) is 9.69 Å². The highest BCUT2D eigenvalue weighted by atomic mass is 16.1. The second kappa shape index (κ2) is 5.86. The fourth-order valence-corrected chi connectivity index (χ4v) is 3.16. The van der Waals surface area contributed by atoms with Gasteiger partial charge in [-0.25, -0.2) is 0 Å². The molecule has 0 amide bonds. The van der Waals surface area contributed by atoms with Gasteiger partial charge in [-0.1, -0.05) is 24.3 Å². The number of anilines is 1. The molecule has 0 aliphatic carbocycles. The Morgan fingerprint density at radius 1 is 0.952 bits per heavy atom. The van der Waals surface area contributed by atoms with E-state index in [2.05, 4.69) is 35.8 Å². The van der Waals surface area contributed by atoms with Crippen LogP contribution in [0.4, 0.5) is 5.69 Å². The molecule has 3 rings (SSSR count). The van der Waals surface area contributed by atoms with Crippen LogP contribution >= 0.6 is 0 Å². The number of carbonyl (C=O) groups excluding carboxylic acids is 1. The average molecular weight is 282 g/mol. The Labute approximate surface area is 126 Å². The first-order valence-electron chi connectivity index (χ1n) is 7.66. The van der Waals surface area contributed by atoms with Crippen molar-refractivity contribution in [3.05, 3.63) is 42.0 Å². The third-order valence-electron chi connectivity index (χ3n) is 4.45. The van der Waals surface area contributed by atoms with Crippen molar-refractivity contribution in [3.8, 4) is 0 Å². The van der Waals surface area contributed by atoms with Gasteiger partial charge in [0.25, 0.3) is 0 Å². The van der Waals surface area contributed by atoms with Gasteiger partial charge in [-0.2, -0.15) is 0 Å². The van der Waals surface area contributed by atoms with Gasteiger partial charge in [0, 0.05) is 48.9 Å². The van der Waals surface area contributed by atoms with Crippen molar-refractivity contribution in [1.82, 2.24) is 4.90 Å². The summed E-state index contributed by atoms with van der Waals surface area (Å²) in [7, 11) is 0. The maximum Gasteiger partial charge on any atom is 0.150 e. The number of aldehydes is 1. The Bertz CT molecular complexity index is 643. The van der Waals surface area contributed by atoms with E-state index in [1.54, 1.807) is 0 Å². The molecule has 3 nitrogen and oxygen atoms in total. The molecule has 0 N–H and O–H groups in total. The number of hydrogen-bond acceptors (Lipinski definition) is 3. The van der Waals surface area contributed by atoms with Crippen molar-refractivity contribution in [2.75, 3.05) is 31.1 Å². The van der Waals surface area contributed by atoms with Crippen molar-refractivity contribution in [2.45, 2.75) is 19.9 Å². The molecular weight excluding hydrogens is 260 g/mol. The standard InChI is InChI=1S/C18H22N2O/c1-14(2)19-9-11-20(12-10-19)18-8-7-15(13-21)16-5-3-4-6-17(16)18/h3-8,13-14H,9-12H2,1-2H3. The first-order chi connectivity index (χ1) is 10.2. The summed E-state index contributed by atoms with van der Waals surface area (Å²) < 4.78 is 0. The van der Waals surface area contributed by atoms with Crippen LogP contribution in [-0.2, 0) is 0 Å². The number of piperazine rings is 1. The number of carbonyl (C=O) groups is 1. The maximum atomic E-state index is 11.2. The molecule has 1 saturated heterocycles. The van der Waals surface area contributed by atoms with E-state index in [0.29, 0.717) is 6.04 Å². The van der Waals surface area contributed by atoms with Gasteiger partial charge < -0.3 is 4.90 Å². The summed E-state index contributed by atoms with van der Waals surface area (Å²) in [6, 6.07) is 12.8. The van der Waals surface area contributed by atoms with Crippen LogP contribution in [0.3, 0.4) is 0 Å². The summed E-state index contributed by atoms with van der Waals surface area (Å²) in [6.45, 7) is 8.79. The molecule has 21 heavy (non-hydrogen) atoms. The van der Waals surface area contributed by atoms with Gasteiger partial charge >= 0.3 is 0 Å². The highest BCUT2D eigenvalue weighted by molar-refractivity contribution is 6.04. The summed E-state index contributed by atoms with van der Waals surface area (Å²) >= 11 is 0. The molecule has 0 spiro atoms. The molecule has 0 saturated carbocycles. The minimum atomic E-state index is 0.612. The van der Waals surface area contributed by atoms with E-state index in [4.69, 9.17) is 0 Å². The van der Waals surface area contributed by atoms with Crippen LogP contribution in [0.2, 0.25) is 0 Å². The summed E-state index contributed by atoms with van der Waals surface area (Å²) in [5.41, 5.74) is 2.02. The maximum absolute atomic E-state index is 11.2. The predicted octanol–water partition coefficient (Wildman–Crippen LogP) is 3.18. The highest BCUT2D eigenvalue weighted by Gasteiger charge is 2.20. The molecule has 1 aliphatic heterocycles. The van der Waals surface area contributed by atoms with Crippen LogP contribution in [0.15, 0.2) is 36.4 Å². The molecule has 0 radical (unpaired) electrons. The lowest BCUT2D eigenvalue weighted by atomic mass is 10.0. The quantitative estimate of drug-likeness (QED) is 0.808. The van der Waals surface area contributed by atoms with Crippen molar-refractivity contribution in [2.24, 2.45) is 0 Å². The molecule has 2 aromatic carbocycles. The number of benzene rings is 2. The Hall–Kier alpha value is -1.87. The monoisotopic (exact) mass is 282 g/mol. The van der Waals surface area contributed by atoms with Crippen LogP contribution < -0.4 is 4.90 Å². The summed E-state index contributed by atoms with van der Waals surface area (Å²) in [6.07, 6.45) is 0.947. The van der Waals surface area contributed by atoms with Gasteiger partial charge in [0.15, 0.2) is 6.29 Å². The Morgan fingerprint density at radius 2 is 1.62 bits per heavy atom. The fraction of sp³-hybridized carbons (Fsp3) is 0.389. The van der Waals surface area contributed by atoms with Gasteiger partial charge in [0.2, 0.25) is 0 Å². The van der Waals surface area contributed by atoms with Crippen molar-refractivity contribution in [1.29, 1.82) is 0 Å². The van der Waals surface area contributed by atoms with Crippen LogP contribution in [0.5, 0.6) is 0 Å². The molecule has 1 aliphatic rings. The Kier molecular flexibility index (Phi) is 3.93. The molecule has 2 aromatic rings. The Balaban J connectivity index is 1.93. The number of hydrogen-bond donors (Lipinski definition) is 0. The van der Waals surface area contributed by atoms with Gasteiger partial charge in [-0.05, 0) is 31.4 Å². The molecule has 1 heterocycles. The van der Waals surface area contributed by atoms with E-state index in [1.165, 1.54) is 11.1 Å². The topological polar surface area (TPSA) is 23.6 Å². The number of rotatable bonds is 3. The van der Waals surface area contributed by atoms with Crippen molar-refractivity contribution < 1.29 is 4.79 Å². The smallest absolute Gasteiger partial charge is 0.150 e. The zero-order valence-corrected chi connectivity index (χ0v) is 12.7. The number of nitrogens with zero attached hydrogens (tertiary/aromatic N) is 2. The molecule has 0 atom stereocenters. The molecule has 3 heteroatoms. The molecule has 0 aromatic heterocycles. The molecule has 1 fully saturated rings. The normalized spacial score (nSPS) is 16.6. The van der Waals surface area contributed by atoms with E-state index >= 15 is 0 Å². The fourth-order valence-electron chi connectivity index (χ4n) is 3.16. The largest absolute Gasteiger partial charge is 0.368 e. The zero-order chi connectivity index (χ0) is 14.8. The third-order valence-corrected chi connectivity index (χ3v) is 4.45. The SMILES string of the molecule is CC(C)N1CCN(c2ccc(C=O)c3ccccc23)CC1. The minimum absolute atomic E-state index is 0.612. The lowest BCUT2D eigenvalue weighted by molar-refractivity contribution is 0.112. The highest BCUT2D eigenvalue weighted by Crippen LogP contribution is 2.29. The summed E-state index contributed by atoms with van der Waals surface area (Å²) in [5.74, 6) is 0. The average Bonchev–Trinajstić information content (AvgIpc) is 2.54. The predicted molar refractivity (Wildman–Crippen MR) is 88.3 cm³/mol. The molecule has 110 valence electrons. The zero-order valence-electron chi connectivity index (χ0n) is 12.7.